The van der Waals surface area contributed by atoms with Crippen LogP contribution in [0.15, 0.2) is 12.1 Å². The summed E-state index contributed by atoms with van der Waals surface area (Å²) in [5.41, 5.74) is 1.59. The second-order valence-electron chi connectivity index (χ2n) is 4.90. The summed E-state index contributed by atoms with van der Waals surface area (Å²) >= 11 is 0. The Morgan fingerprint density at radius 1 is 1.25 bits per heavy atom. The molecule has 108 valence electrons. The summed E-state index contributed by atoms with van der Waals surface area (Å²) in [6.07, 6.45) is 2.45. The van der Waals surface area contributed by atoms with E-state index in [1.165, 1.54) is 0 Å². The number of pyridine rings is 1. The normalized spacial score (nSPS) is 16.6. The highest BCUT2D eigenvalue weighted by Gasteiger charge is 2.14. The number of imidazole rings is 1. The molecule has 3 heterocycles. The molecule has 0 radical (unpaired) electrons. The number of aromatic nitrogens is 3. The van der Waals surface area contributed by atoms with Gasteiger partial charge in [-0.2, -0.15) is 4.98 Å². The zero-order chi connectivity index (χ0) is 13.8. The molecule has 0 spiro atoms. The second-order valence-corrected chi connectivity index (χ2v) is 4.90. The molecule has 1 aliphatic heterocycles. The highest BCUT2D eigenvalue weighted by atomic mass is 16.5. The molecule has 2 aromatic rings. The number of H-pyrrole nitrogens is 1. The molecule has 20 heavy (non-hydrogen) atoms. The Morgan fingerprint density at radius 3 is 2.90 bits per heavy atom. The maximum atomic E-state index is 5.88. The molecule has 0 aromatic carbocycles. The Bertz CT molecular complexity index is 563. The number of nitrogens with one attached hydrogen (secondary N) is 2. The van der Waals surface area contributed by atoms with Crippen LogP contribution >= 0.6 is 0 Å². The number of hydrogen-bond acceptors (Lipinski definition) is 5. The van der Waals surface area contributed by atoms with Gasteiger partial charge in [-0.1, -0.05) is 0 Å². The van der Waals surface area contributed by atoms with E-state index in [1.54, 1.807) is 0 Å². The molecule has 2 aromatic heterocycles. The lowest BCUT2D eigenvalue weighted by Gasteiger charge is -2.22. The molecular weight excluding hydrogens is 256 g/mol. The fourth-order valence-corrected chi connectivity index (χ4v) is 2.38. The minimum Gasteiger partial charge on any atom is -0.478 e. The van der Waals surface area contributed by atoms with Crippen molar-refractivity contribution in [2.45, 2.75) is 32.5 Å². The van der Waals surface area contributed by atoms with E-state index < -0.39 is 0 Å². The molecule has 1 saturated heterocycles. The van der Waals surface area contributed by atoms with Crippen LogP contribution in [-0.2, 0) is 11.3 Å². The fourth-order valence-electron chi connectivity index (χ4n) is 2.38. The largest absolute Gasteiger partial charge is 0.478 e. The van der Waals surface area contributed by atoms with Gasteiger partial charge < -0.3 is 19.8 Å². The quantitative estimate of drug-likeness (QED) is 0.868. The SMILES string of the molecule is CCOc1ccc2[nH]c(COC3CCNCC3)nc2n1. The predicted molar refractivity (Wildman–Crippen MR) is 75.7 cm³/mol. The number of fused-ring (bicyclic) bond motifs is 1. The number of hydrogen-bond donors (Lipinski definition) is 2. The Hall–Kier alpha value is -1.66. The van der Waals surface area contributed by atoms with Crippen LogP contribution in [0.3, 0.4) is 0 Å². The van der Waals surface area contributed by atoms with Crippen molar-refractivity contribution < 1.29 is 9.47 Å². The van der Waals surface area contributed by atoms with Gasteiger partial charge in [0.15, 0.2) is 5.65 Å². The van der Waals surface area contributed by atoms with Crippen molar-refractivity contribution in [1.29, 1.82) is 0 Å². The van der Waals surface area contributed by atoms with E-state index in [1.807, 2.05) is 19.1 Å². The Morgan fingerprint density at radius 2 is 2.10 bits per heavy atom. The monoisotopic (exact) mass is 276 g/mol. The molecule has 1 fully saturated rings. The molecule has 0 unspecified atom stereocenters. The zero-order valence-electron chi connectivity index (χ0n) is 11.7. The van der Waals surface area contributed by atoms with Crippen LogP contribution in [0, 0.1) is 0 Å². The van der Waals surface area contributed by atoms with Crippen molar-refractivity contribution in [2.75, 3.05) is 19.7 Å². The minimum atomic E-state index is 0.330. The summed E-state index contributed by atoms with van der Waals surface area (Å²) in [5.74, 6) is 1.43. The molecule has 2 N–H and O–H groups in total. The van der Waals surface area contributed by atoms with Gasteiger partial charge in [-0.05, 0) is 38.9 Å². The van der Waals surface area contributed by atoms with Gasteiger partial charge in [0.1, 0.15) is 12.4 Å². The minimum absolute atomic E-state index is 0.330. The van der Waals surface area contributed by atoms with E-state index in [9.17, 15) is 0 Å². The molecular formula is C14H20N4O2. The lowest BCUT2D eigenvalue weighted by Crippen LogP contribution is -2.32. The first-order chi connectivity index (χ1) is 9.85. The summed E-state index contributed by atoms with van der Waals surface area (Å²) in [4.78, 5) is 12.0. The summed E-state index contributed by atoms with van der Waals surface area (Å²) in [7, 11) is 0. The molecule has 0 atom stereocenters. The van der Waals surface area contributed by atoms with E-state index in [2.05, 4.69) is 20.3 Å². The number of nitrogens with zero attached hydrogens (tertiary/aromatic N) is 2. The van der Waals surface area contributed by atoms with Crippen LogP contribution in [0.1, 0.15) is 25.6 Å². The van der Waals surface area contributed by atoms with Crippen molar-refractivity contribution >= 4 is 11.2 Å². The fraction of sp³-hybridized carbons (Fsp3) is 0.571. The maximum absolute atomic E-state index is 5.88. The molecule has 0 bridgehead atoms. The molecule has 3 rings (SSSR count). The van der Waals surface area contributed by atoms with Crippen molar-refractivity contribution in [3.05, 3.63) is 18.0 Å². The van der Waals surface area contributed by atoms with Gasteiger partial charge in [0.25, 0.3) is 0 Å². The summed E-state index contributed by atoms with van der Waals surface area (Å²) in [5, 5.41) is 3.33. The molecule has 1 aliphatic rings. The van der Waals surface area contributed by atoms with E-state index in [4.69, 9.17) is 9.47 Å². The number of piperidine rings is 1. The lowest BCUT2D eigenvalue weighted by atomic mass is 10.1. The smallest absolute Gasteiger partial charge is 0.215 e. The van der Waals surface area contributed by atoms with Gasteiger partial charge in [-0.15, -0.1) is 0 Å². The third-order valence-electron chi connectivity index (χ3n) is 3.40. The predicted octanol–water partition coefficient (Wildman–Crippen LogP) is 1.63. The zero-order valence-corrected chi connectivity index (χ0v) is 11.7. The second kappa shape index (κ2) is 6.19. The van der Waals surface area contributed by atoms with E-state index in [-0.39, 0.29) is 0 Å². The average Bonchev–Trinajstić information content (AvgIpc) is 2.89. The average molecular weight is 276 g/mol. The highest BCUT2D eigenvalue weighted by Crippen LogP contribution is 2.16. The van der Waals surface area contributed by atoms with Crippen LogP contribution in [0.4, 0.5) is 0 Å². The molecule has 0 amide bonds. The first kappa shape index (κ1) is 13.3. The Kier molecular flexibility index (Phi) is 4.13. The Balaban J connectivity index is 1.65. The first-order valence-corrected chi connectivity index (χ1v) is 7.16. The molecule has 6 heteroatoms. The van der Waals surface area contributed by atoms with Crippen molar-refractivity contribution in [3.8, 4) is 5.88 Å². The molecule has 0 aliphatic carbocycles. The third kappa shape index (κ3) is 3.08. The number of rotatable bonds is 5. The van der Waals surface area contributed by atoms with Crippen LogP contribution in [0.25, 0.3) is 11.2 Å². The van der Waals surface area contributed by atoms with Crippen molar-refractivity contribution in [2.24, 2.45) is 0 Å². The van der Waals surface area contributed by atoms with Crippen LogP contribution in [0.5, 0.6) is 5.88 Å². The third-order valence-corrected chi connectivity index (χ3v) is 3.40. The highest BCUT2D eigenvalue weighted by molar-refractivity contribution is 5.71. The standard InChI is InChI=1S/C14H20N4O2/c1-2-19-13-4-3-11-14(18-13)17-12(16-11)9-20-10-5-7-15-8-6-10/h3-4,10,15H,2,5-9H2,1H3,(H,16,17,18). The van der Waals surface area contributed by atoms with Gasteiger partial charge in [-0.3, -0.25) is 0 Å². The van der Waals surface area contributed by atoms with Crippen LogP contribution < -0.4 is 10.1 Å². The molecule has 6 nitrogen and oxygen atoms in total. The lowest BCUT2D eigenvalue weighted by molar-refractivity contribution is 0.0182. The van der Waals surface area contributed by atoms with E-state index in [0.717, 1.165) is 37.3 Å². The van der Waals surface area contributed by atoms with Gasteiger partial charge in [-0.25, -0.2) is 4.98 Å². The summed E-state index contributed by atoms with van der Waals surface area (Å²) in [6.45, 7) is 5.11. The van der Waals surface area contributed by atoms with Crippen molar-refractivity contribution in [1.82, 2.24) is 20.3 Å². The van der Waals surface area contributed by atoms with Crippen LogP contribution in [0.2, 0.25) is 0 Å². The van der Waals surface area contributed by atoms with E-state index >= 15 is 0 Å². The van der Waals surface area contributed by atoms with Gasteiger partial charge in [0, 0.05) is 6.07 Å². The number of ether oxygens (including phenoxy) is 2. The first-order valence-electron chi connectivity index (χ1n) is 7.16. The van der Waals surface area contributed by atoms with Gasteiger partial charge in [0.2, 0.25) is 5.88 Å². The van der Waals surface area contributed by atoms with Gasteiger partial charge in [0.05, 0.1) is 18.2 Å². The van der Waals surface area contributed by atoms with Gasteiger partial charge >= 0.3 is 0 Å². The van der Waals surface area contributed by atoms with Crippen molar-refractivity contribution in [3.63, 3.8) is 0 Å². The Labute approximate surface area is 117 Å². The summed E-state index contributed by atoms with van der Waals surface area (Å²) in [6, 6.07) is 3.79. The summed E-state index contributed by atoms with van der Waals surface area (Å²) < 4.78 is 11.3. The maximum Gasteiger partial charge on any atom is 0.215 e. The van der Waals surface area contributed by atoms with E-state index in [0.29, 0.717) is 30.8 Å². The topological polar surface area (TPSA) is 72.1 Å². The van der Waals surface area contributed by atoms with Crippen LogP contribution in [-0.4, -0.2) is 40.8 Å². The molecule has 0 saturated carbocycles. The number of aromatic amines is 1.